The number of carboxylic acids is 1. The summed E-state index contributed by atoms with van der Waals surface area (Å²) >= 11 is 0. The van der Waals surface area contributed by atoms with Gasteiger partial charge in [0.25, 0.3) is 0 Å². The number of aromatic carboxylic acids is 1. The Morgan fingerprint density at radius 2 is 1.72 bits per heavy atom. The molecule has 1 atom stereocenters. The lowest BCUT2D eigenvalue weighted by molar-refractivity contribution is 0.0697. The van der Waals surface area contributed by atoms with Gasteiger partial charge in [-0.3, -0.25) is 4.79 Å². The van der Waals surface area contributed by atoms with Gasteiger partial charge in [0.05, 0.1) is 36.9 Å². The molecule has 2 heterocycles. The molecule has 0 spiro atoms. The van der Waals surface area contributed by atoms with Gasteiger partial charge in [-0.15, -0.1) is 0 Å². The van der Waals surface area contributed by atoms with E-state index in [9.17, 15) is 14.7 Å². The summed E-state index contributed by atoms with van der Waals surface area (Å²) in [7, 11) is 2.96. The summed E-state index contributed by atoms with van der Waals surface area (Å²) in [5.41, 5.74) is 2.80. The molecule has 1 aliphatic heterocycles. The molecule has 0 aliphatic carbocycles. The number of hydrogen-bond donors (Lipinski definition) is 2. The molecule has 0 bridgehead atoms. The molecule has 1 unspecified atom stereocenters. The molecule has 0 saturated carbocycles. The molecule has 192 valence electrons. The minimum Gasteiger partial charge on any atom is -0.493 e. The maximum Gasteiger partial charge on any atom is 0.337 e. The van der Waals surface area contributed by atoms with E-state index in [1.54, 1.807) is 12.1 Å². The summed E-state index contributed by atoms with van der Waals surface area (Å²) in [4.78, 5) is 27.2. The summed E-state index contributed by atoms with van der Waals surface area (Å²) in [6.07, 6.45) is 2.04. The van der Waals surface area contributed by atoms with E-state index >= 15 is 0 Å². The highest BCUT2D eigenvalue weighted by molar-refractivity contribution is 5.95. The standard InChI is InChI=1S/C28H34N2O6/c1-16-11-18(17(2)29-21-14-24(35-6)23(34-5)13-19(21)27(32)33)26-20(12-16)22(31)15-25(36-26)30-9-7-28(3,4)8-10-30/h11-15,17,29H,7-10H2,1-6H3,(H,32,33). The number of rotatable bonds is 7. The van der Waals surface area contributed by atoms with Crippen molar-refractivity contribution in [2.75, 3.05) is 37.5 Å². The van der Waals surface area contributed by atoms with E-state index in [0.29, 0.717) is 34.0 Å². The number of benzene rings is 2. The van der Waals surface area contributed by atoms with Crippen LogP contribution in [-0.4, -0.2) is 38.4 Å². The van der Waals surface area contributed by atoms with E-state index in [-0.39, 0.29) is 22.4 Å². The third-order valence-electron chi connectivity index (χ3n) is 7.01. The number of carboxylic acid groups (broad SMARTS) is 1. The fourth-order valence-corrected chi connectivity index (χ4v) is 4.72. The van der Waals surface area contributed by atoms with E-state index in [0.717, 1.165) is 37.1 Å². The molecular formula is C28H34N2O6. The monoisotopic (exact) mass is 494 g/mol. The van der Waals surface area contributed by atoms with Gasteiger partial charge >= 0.3 is 5.97 Å². The zero-order valence-corrected chi connectivity index (χ0v) is 21.7. The fraction of sp³-hybridized carbons (Fsp3) is 0.429. The SMILES string of the molecule is COc1cc(NC(C)c2cc(C)cc3c(=O)cc(N4CCC(C)(C)CC4)oc23)c(C(=O)O)cc1OC. The Morgan fingerprint density at radius 1 is 1.08 bits per heavy atom. The first kappa shape index (κ1) is 25.4. The fourth-order valence-electron chi connectivity index (χ4n) is 4.72. The first-order valence-electron chi connectivity index (χ1n) is 12.1. The maximum atomic E-state index is 13.1. The molecule has 1 aliphatic rings. The molecular weight excluding hydrogens is 460 g/mol. The first-order chi connectivity index (χ1) is 17.0. The Hall–Kier alpha value is -3.68. The van der Waals surface area contributed by atoms with Crippen LogP contribution in [0.5, 0.6) is 11.5 Å². The highest BCUT2D eigenvalue weighted by atomic mass is 16.5. The number of carbonyl (C=O) groups is 1. The van der Waals surface area contributed by atoms with Crippen LogP contribution in [0, 0.1) is 12.3 Å². The van der Waals surface area contributed by atoms with Crippen LogP contribution in [0.15, 0.2) is 39.5 Å². The van der Waals surface area contributed by atoms with Crippen molar-refractivity contribution in [3.8, 4) is 11.5 Å². The van der Waals surface area contributed by atoms with Crippen LogP contribution in [0.2, 0.25) is 0 Å². The minimum absolute atomic E-state index is 0.0505. The van der Waals surface area contributed by atoms with Crippen molar-refractivity contribution < 1.29 is 23.8 Å². The number of fused-ring (bicyclic) bond motifs is 1. The number of nitrogens with one attached hydrogen (secondary N) is 1. The van der Waals surface area contributed by atoms with Crippen molar-refractivity contribution >= 4 is 28.5 Å². The summed E-state index contributed by atoms with van der Waals surface area (Å²) in [6, 6.07) is 8.04. The molecule has 1 aromatic heterocycles. The zero-order valence-electron chi connectivity index (χ0n) is 21.7. The Kier molecular flexibility index (Phi) is 6.89. The van der Waals surface area contributed by atoms with E-state index < -0.39 is 5.97 Å². The topological polar surface area (TPSA) is 101 Å². The Bertz CT molecular complexity index is 1350. The van der Waals surface area contributed by atoms with E-state index in [1.165, 1.54) is 20.3 Å². The lowest BCUT2D eigenvalue weighted by atomic mass is 9.83. The molecule has 4 rings (SSSR count). The number of aryl methyl sites for hydroxylation is 1. The van der Waals surface area contributed by atoms with Gasteiger partial charge in [-0.1, -0.05) is 19.9 Å². The van der Waals surface area contributed by atoms with Crippen LogP contribution in [0.4, 0.5) is 11.6 Å². The lowest BCUT2D eigenvalue weighted by Crippen LogP contribution is -2.37. The van der Waals surface area contributed by atoms with E-state index in [1.807, 2.05) is 26.0 Å². The normalized spacial score (nSPS) is 16.0. The van der Waals surface area contributed by atoms with Crippen LogP contribution >= 0.6 is 0 Å². The quantitative estimate of drug-likeness (QED) is 0.437. The van der Waals surface area contributed by atoms with Crippen LogP contribution < -0.4 is 25.1 Å². The van der Waals surface area contributed by atoms with Gasteiger partial charge in [-0.2, -0.15) is 0 Å². The van der Waals surface area contributed by atoms with Crippen molar-refractivity contribution in [2.45, 2.75) is 46.6 Å². The van der Waals surface area contributed by atoms with Crippen molar-refractivity contribution in [1.29, 1.82) is 0 Å². The average molecular weight is 495 g/mol. The van der Waals surface area contributed by atoms with Crippen LogP contribution in [0.1, 0.15) is 61.1 Å². The predicted molar refractivity (Wildman–Crippen MR) is 141 cm³/mol. The second-order valence-electron chi connectivity index (χ2n) is 10.3. The Labute approximate surface area is 210 Å². The second-order valence-corrected chi connectivity index (χ2v) is 10.3. The second kappa shape index (κ2) is 9.76. The molecule has 2 N–H and O–H groups in total. The van der Waals surface area contributed by atoms with Crippen molar-refractivity contribution in [3.63, 3.8) is 0 Å². The summed E-state index contributed by atoms with van der Waals surface area (Å²) in [5, 5.41) is 13.6. The van der Waals surface area contributed by atoms with Gasteiger partial charge in [0, 0.05) is 36.9 Å². The molecule has 3 aromatic rings. The molecule has 1 saturated heterocycles. The molecule has 2 aromatic carbocycles. The van der Waals surface area contributed by atoms with Crippen molar-refractivity contribution in [1.82, 2.24) is 0 Å². The van der Waals surface area contributed by atoms with E-state index in [2.05, 4.69) is 24.1 Å². The number of anilines is 2. The summed E-state index contributed by atoms with van der Waals surface area (Å²) in [5.74, 6) is 0.210. The molecule has 1 fully saturated rings. The highest BCUT2D eigenvalue weighted by Crippen LogP contribution is 2.37. The van der Waals surface area contributed by atoms with Crippen LogP contribution in [-0.2, 0) is 0 Å². The molecule has 36 heavy (non-hydrogen) atoms. The zero-order chi connectivity index (χ0) is 26.2. The molecule has 0 amide bonds. The number of piperidine rings is 1. The Morgan fingerprint density at radius 3 is 2.33 bits per heavy atom. The van der Waals surface area contributed by atoms with Crippen molar-refractivity contribution in [2.24, 2.45) is 5.41 Å². The predicted octanol–water partition coefficient (Wildman–Crippen LogP) is 5.62. The Balaban J connectivity index is 1.77. The smallest absolute Gasteiger partial charge is 0.337 e. The number of nitrogens with zero attached hydrogens (tertiary/aromatic N) is 1. The molecule has 8 nitrogen and oxygen atoms in total. The largest absolute Gasteiger partial charge is 0.493 e. The van der Waals surface area contributed by atoms with Crippen molar-refractivity contribution in [3.05, 3.63) is 57.2 Å². The van der Waals surface area contributed by atoms with Gasteiger partial charge in [0.1, 0.15) is 5.58 Å². The third-order valence-corrected chi connectivity index (χ3v) is 7.01. The van der Waals surface area contributed by atoms with Gasteiger partial charge in [-0.05, 0) is 43.7 Å². The molecule has 8 heteroatoms. The van der Waals surface area contributed by atoms with Gasteiger partial charge in [-0.25, -0.2) is 4.79 Å². The lowest BCUT2D eigenvalue weighted by Gasteiger charge is -2.37. The van der Waals surface area contributed by atoms with Crippen LogP contribution in [0.25, 0.3) is 11.0 Å². The van der Waals surface area contributed by atoms with Gasteiger partial charge < -0.3 is 29.2 Å². The molecule has 0 radical (unpaired) electrons. The van der Waals surface area contributed by atoms with Gasteiger partial charge in [0.2, 0.25) is 0 Å². The third kappa shape index (κ3) is 4.98. The van der Waals surface area contributed by atoms with Crippen LogP contribution in [0.3, 0.4) is 0 Å². The minimum atomic E-state index is -1.10. The summed E-state index contributed by atoms with van der Waals surface area (Å²) in [6.45, 7) is 10.00. The average Bonchev–Trinajstić information content (AvgIpc) is 2.83. The summed E-state index contributed by atoms with van der Waals surface area (Å²) < 4.78 is 17.0. The maximum absolute atomic E-state index is 13.1. The first-order valence-corrected chi connectivity index (χ1v) is 12.1. The van der Waals surface area contributed by atoms with Gasteiger partial charge in [0.15, 0.2) is 22.8 Å². The highest BCUT2D eigenvalue weighted by Gasteiger charge is 2.27. The number of methoxy groups -OCH3 is 2. The van der Waals surface area contributed by atoms with E-state index in [4.69, 9.17) is 13.9 Å². The number of hydrogen-bond acceptors (Lipinski definition) is 7. The number of ether oxygens (including phenoxy) is 2.